The summed E-state index contributed by atoms with van der Waals surface area (Å²) < 4.78 is 62.4. The first-order valence-electron chi connectivity index (χ1n) is 23.1. The monoisotopic (exact) mass is 1080 g/mol. The quantitative estimate of drug-likeness (QED) is 0.0798. The molecule has 0 amide bonds. The fourth-order valence-corrected chi connectivity index (χ4v) is 14.7. The zero-order valence-corrected chi connectivity index (χ0v) is 43.9. The van der Waals surface area contributed by atoms with Crippen molar-refractivity contribution in [2.24, 2.45) is 43.3 Å². The molecular weight excluding hydrogens is 1020 g/mol. The summed E-state index contributed by atoms with van der Waals surface area (Å²) in [6.07, 6.45) is 2.48. The van der Waals surface area contributed by atoms with E-state index >= 15 is 0 Å². The summed E-state index contributed by atoms with van der Waals surface area (Å²) in [7, 11) is 1.39. The van der Waals surface area contributed by atoms with Crippen molar-refractivity contribution >= 4 is 70.1 Å². The molecule has 382 valence electrons. The summed E-state index contributed by atoms with van der Waals surface area (Å²) >= 11 is 23.4. The molecule has 12 aliphatic rings. The number of rotatable bonds is 12. The van der Waals surface area contributed by atoms with Gasteiger partial charge < -0.3 is 25.9 Å². The second-order valence-electron chi connectivity index (χ2n) is 22.0. The Balaban J connectivity index is 0.000000177. The number of ether oxygens (including phenoxy) is 1. The summed E-state index contributed by atoms with van der Waals surface area (Å²) in [5.41, 5.74) is -0.948. The van der Waals surface area contributed by atoms with Gasteiger partial charge in [-0.2, -0.15) is 0 Å². The van der Waals surface area contributed by atoms with E-state index in [0.717, 1.165) is 0 Å². The van der Waals surface area contributed by atoms with Crippen LogP contribution in [0.5, 0.6) is 0 Å². The standard InChI is InChI=1S/C14H14ClFO2.C14H14ClFO.2C13H12ClFO2.2Li.2H2O/c1-18-12(17)14-6-13(7-14,8-14)11(16)9-3-2-4-10(15)5-9;1-9(17)13-6-14(7-13,8-13)12(16)10-3-2-4-11(15)5-10;2*14-9-3-1-2-8(4-9)10(15)12-5-13(6-12,7-12)11(16)17;;;;/h2-5,11H,6-8H2,1H3;2-5,12H,6-8H2,1H3;2*1-4,10H,5-7H2,(H,16,17);;;2*1H2/q;;;;2*+1;;/p-2. The van der Waals surface area contributed by atoms with Crippen LogP contribution in [0.1, 0.15) is 131 Å². The molecular formula is C54H54Cl4F4Li2O9. The Morgan fingerprint density at radius 1 is 0.452 bits per heavy atom. The number of methoxy groups -OCH3 is 1. The molecule has 0 aromatic heterocycles. The van der Waals surface area contributed by atoms with Crippen molar-refractivity contribution in [2.75, 3.05) is 7.11 Å². The van der Waals surface area contributed by atoms with Gasteiger partial charge in [0.15, 0.2) is 0 Å². The van der Waals surface area contributed by atoms with Crippen molar-refractivity contribution in [3.05, 3.63) is 139 Å². The number of hydrogen-bond donors (Lipinski definition) is 2. The number of carboxylic acid groups (broad SMARTS) is 2. The van der Waals surface area contributed by atoms with Crippen molar-refractivity contribution in [1.29, 1.82) is 0 Å². The van der Waals surface area contributed by atoms with Gasteiger partial charge in [-0.25, -0.2) is 17.6 Å². The third-order valence-corrected chi connectivity index (χ3v) is 18.2. The van der Waals surface area contributed by atoms with Crippen molar-refractivity contribution in [3.8, 4) is 0 Å². The Kier molecular flexibility index (Phi) is 17.8. The van der Waals surface area contributed by atoms with E-state index < -0.39 is 63.7 Å². The normalized spacial score (nSPS) is 33.3. The average Bonchev–Trinajstić information content (AvgIpc) is 3.17. The summed E-state index contributed by atoms with van der Waals surface area (Å²) in [6.45, 7) is 1.62. The number of aliphatic carboxylic acids is 2. The molecule has 0 saturated heterocycles. The Hall–Kier alpha value is -3.05. The summed E-state index contributed by atoms with van der Waals surface area (Å²) in [6, 6.07) is 27.4. The minimum absolute atomic E-state index is 0. The van der Waals surface area contributed by atoms with Gasteiger partial charge in [0.2, 0.25) is 0 Å². The second kappa shape index (κ2) is 21.4. The molecule has 12 saturated carbocycles. The van der Waals surface area contributed by atoms with E-state index in [2.05, 4.69) is 0 Å². The fraction of sp³-hybridized carbons (Fsp3) is 0.481. The van der Waals surface area contributed by atoms with E-state index in [4.69, 9.17) is 61.4 Å². The average molecular weight is 1080 g/mol. The van der Waals surface area contributed by atoms with Crippen LogP contribution in [0.4, 0.5) is 17.6 Å². The van der Waals surface area contributed by atoms with Crippen molar-refractivity contribution in [3.63, 3.8) is 0 Å². The number of hydrogen-bond acceptors (Lipinski definition) is 7. The Labute approximate surface area is 465 Å². The molecule has 19 heteroatoms. The Morgan fingerprint density at radius 2 is 0.671 bits per heavy atom. The van der Waals surface area contributed by atoms with E-state index in [1.807, 2.05) is 0 Å². The number of carbonyl (C=O) groups excluding carboxylic acids is 2. The van der Waals surface area contributed by atoms with Crippen molar-refractivity contribution in [1.82, 2.24) is 0 Å². The Morgan fingerprint density at radius 3 is 0.863 bits per heavy atom. The molecule has 4 unspecified atom stereocenters. The molecule has 0 spiro atoms. The minimum atomic E-state index is -1.09. The summed E-state index contributed by atoms with van der Waals surface area (Å²) in [5, 5.41) is 20.1. The SMILES string of the molecule is CC(=O)C12CC(C(F)c3cccc(Cl)c3)(C1)C2.COC(=O)C12CC(C(F)c3cccc(Cl)c3)(C1)C2.O=C(O)C12CC(C(F)c3cccc(Cl)c3)(C1)C2.O=C(O)C12CC(C(F)c3cccc(Cl)c3)(C1)C2.[Li+].[Li+].[OH-].[OH-]. The number of halogens is 8. The fourth-order valence-electron chi connectivity index (χ4n) is 13.9. The summed E-state index contributed by atoms with van der Waals surface area (Å²) in [5.74, 6) is -1.53. The van der Waals surface area contributed by atoms with Crippen LogP contribution in [0, 0.1) is 43.3 Å². The third kappa shape index (κ3) is 10.1. The maximum absolute atomic E-state index is 14.5. The predicted octanol–water partition coefficient (Wildman–Crippen LogP) is 8.67. The number of benzene rings is 4. The molecule has 4 atom stereocenters. The van der Waals surface area contributed by atoms with Gasteiger partial charge in [0.25, 0.3) is 0 Å². The number of ketones is 1. The van der Waals surface area contributed by atoms with E-state index in [-0.39, 0.29) is 76.7 Å². The molecule has 16 rings (SSSR count). The van der Waals surface area contributed by atoms with Crippen LogP contribution >= 0.6 is 46.4 Å². The molecule has 12 fully saturated rings. The van der Waals surface area contributed by atoms with Crippen molar-refractivity contribution < 1.29 is 100 Å². The van der Waals surface area contributed by atoms with Crippen LogP contribution in [0.25, 0.3) is 0 Å². The molecule has 9 nitrogen and oxygen atoms in total. The number of carboxylic acids is 2. The number of esters is 1. The number of carbonyl (C=O) groups is 4. The number of alkyl halides is 4. The van der Waals surface area contributed by atoms with Gasteiger partial charge in [-0.1, -0.05) is 94.9 Å². The first kappa shape index (κ1) is 60.8. The van der Waals surface area contributed by atoms with E-state index in [9.17, 15) is 36.7 Å². The van der Waals surface area contributed by atoms with Gasteiger partial charge in [0.05, 0.1) is 23.4 Å². The molecule has 4 aromatic carbocycles. The minimum Gasteiger partial charge on any atom is -0.870 e. The zero-order valence-electron chi connectivity index (χ0n) is 40.9. The van der Waals surface area contributed by atoms with Gasteiger partial charge in [0.1, 0.15) is 30.5 Å². The third-order valence-electron chi connectivity index (χ3n) is 17.3. The first-order chi connectivity index (χ1) is 32.4. The molecule has 0 radical (unpaired) electrons. The molecule has 4 N–H and O–H groups in total. The van der Waals surface area contributed by atoms with Gasteiger partial charge in [-0.05, 0) is 155 Å². The van der Waals surface area contributed by atoms with E-state index in [1.165, 1.54) is 7.11 Å². The molecule has 0 aliphatic heterocycles. The molecule has 4 aromatic rings. The van der Waals surface area contributed by atoms with Crippen LogP contribution in [-0.2, 0) is 23.9 Å². The second-order valence-corrected chi connectivity index (χ2v) is 23.8. The van der Waals surface area contributed by atoms with Gasteiger partial charge in [0, 0.05) is 47.2 Å². The van der Waals surface area contributed by atoms with Gasteiger partial charge in [-0.3, -0.25) is 19.2 Å². The molecule has 0 heterocycles. The smallest absolute Gasteiger partial charge is 0.870 e. The zero-order chi connectivity index (χ0) is 49.7. The van der Waals surface area contributed by atoms with Gasteiger partial charge in [-0.15, -0.1) is 0 Å². The molecule has 12 aliphatic carbocycles. The largest absolute Gasteiger partial charge is 1.00 e. The van der Waals surface area contributed by atoms with Crippen LogP contribution in [0.2, 0.25) is 20.1 Å². The van der Waals surface area contributed by atoms with Crippen molar-refractivity contribution in [2.45, 2.75) is 109 Å². The van der Waals surface area contributed by atoms with Gasteiger partial charge >= 0.3 is 55.6 Å². The Bertz CT molecular complexity index is 2470. The van der Waals surface area contributed by atoms with Crippen LogP contribution in [0.3, 0.4) is 0 Å². The van der Waals surface area contributed by atoms with E-state index in [0.29, 0.717) is 119 Å². The number of Topliss-reactive ketones (excluding diaryl/α,β-unsaturated/α-hetero) is 1. The molecule has 8 bridgehead atoms. The first-order valence-corrected chi connectivity index (χ1v) is 24.6. The van der Waals surface area contributed by atoms with E-state index in [1.54, 1.807) is 104 Å². The van der Waals surface area contributed by atoms with Crippen LogP contribution in [0.15, 0.2) is 97.1 Å². The maximum Gasteiger partial charge on any atom is 1.00 e. The van der Waals surface area contributed by atoms with Crippen LogP contribution < -0.4 is 37.7 Å². The summed E-state index contributed by atoms with van der Waals surface area (Å²) in [4.78, 5) is 44.8. The van der Waals surface area contributed by atoms with Crippen LogP contribution in [-0.4, -0.2) is 52.0 Å². The molecule has 73 heavy (non-hydrogen) atoms. The maximum atomic E-state index is 14.5. The predicted molar refractivity (Wildman–Crippen MR) is 258 cm³/mol. The topological polar surface area (TPSA) is 178 Å².